The van der Waals surface area contributed by atoms with Crippen molar-refractivity contribution in [1.29, 1.82) is 0 Å². The van der Waals surface area contributed by atoms with E-state index in [1.165, 1.54) is 0 Å². The number of carbonyl (C=O) groups is 2. The summed E-state index contributed by atoms with van der Waals surface area (Å²) in [5.74, 6) is 1.38. The van der Waals surface area contributed by atoms with Crippen LogP contribution in [0.4, 0.5) is 11.4 Å². The summed E-state index contributed by atoms with van der Waals surface area (Å²) >= 11 is 0. The summed E-state index contributed by atoms with van der Waals surface area (Å²) in [6, 6.07) is 11.6. The maximum atomic E-state index is 13.3. The Kier molecular flexibility index (Phi) is 5.06. The van der Waals surface area contributed by atoms with Gasteiger partial charge in [-0.3, -0.25) is 9.59 Å². The Morgan fingerprint density at radius 1 is 0.935 bits per heavy atom. The smallest absolute Gasteiger partial charge is 0.256 e. The Morgan fingerprint density at radius 3 is 2.42 bits per heavy atom. The third-order valence-corrected chi connectivity index (χ3v) is 6.10. The van der Waals surface area contributed by atoms with Gasteiger partial charge in [0.1, 0.15) is 19.3 Å². The molecule has 0 N–H and O–H groups in total. The number of hydrogen-bond donors (Lipinski definition) is 0. The van der Waals surface area contributed by atoms with E-state index in [9.17, 15) is 9.59 Å². The SMILES string of the molecule is CC(=O)N1c2ccc(-c3ccc4c(c3)OCCO4)cc2N(C(=O)C2CCCO2)C[C@@H]1C. The molecule has 0 spiro atoms. The van der Waals surface area contributed by atoms with Gasteiger partial charge in [0.05, 0.1) is 17.4 Å². The first-order valence-electron chi connectivity index (χ1n) is 10.8. The molecule has 3 heterocycles. The Balaban J connectivity index is 1.57. The highest BCUT2D eigenvalue weighted by Gasteiger charge is 2.37. The molecule has 0 bridgehead atoms. The number of amides is 2. The predicted octanol–water partition coefficient (Wildman–Crippen LogP) is 3.39. The van der Waals surface area contributed by atoms with Crippen molar-refractivity contribution in [2.75, 3.05) is 36.2 Å². The van der Waals surface area contributed by atoms with Gasteiger partial charge in [0, 0.05) is 20.1 Å². The van der Waals surface area contributed by atoms with Crippen molar-refractivity contribution in [1.82, 2.24) is 0 Å². The van der Waals surface area contributed by atoms with E-state index in [2.05, 4.69) is 0 Å². The normalized spacial score (nSPS) is 22.3. The number of ether oxygens (including phenoxy) is 3. The van der Waals surface area contributed by atoms with E-state index in [4.69, 9.17) is 14.2 Å². The van der Waals surface area contributed by atoms with Gasteiger partial charge in [-0.05, 0) is 55.2 Å². The lowest BCUT2D eigenvalue weighted by Crippen LogP contribution is -2.53. The van der Waals surface area contributed by atoms with Crippen molar-refractivity contribution in [3.8, 4) is 22.6 Å². The molecule has 7 heteroatoms. The van der Waals surface area contributed by atoms with Crippen LogP contribution in [0.1, 0.15) is 26.7 Å². The molecule has 0 aliphatic carbocycles. The predicted molar refractivity (Wildman–Crippen MR) is 117 cm³/mol. The lowest BCUT2D eigenvalue weighted by molar-refractivity contribution is -0.127. The summed E-state index contributed by atoms with van der Waals surface area (Å²) in [5.41, 5.74) is 3.39. The van der Waals surface area contributed by atoms with Gasteiger partial charge < -0.3 is 24.0 Å². The Morgan fingerprint density at radius 2 is 1.68 bits per heavy atom. The second-order valence-electron chi connectivity index (χ2n) is 8.25. The van der Waals surface area contributed by atoms with Crippen molar-refractivity contribution in [3.63, 3.8) is 0 Å². The van der Waals surface area contributed by atoms with E-state index in [1.54, 1.807) is 16.7 Å². The highest BCUT2D eigenvalue weighted by atomic mass is 16.6. The van der Waals surface area contributed by atoms with E-state index in [1.807, 2.05) is 43.3 Å². The average Bonchev–Trinajstić information content (AvgIpc) is 3.32. The Bertz CT molecular complexity index is 1030. The first kappa shape index (κ1) is 19.9. The monoisotopic (exact) mass is 422 g/mol. The molecule has 7 nitrogen and oxygen atoms in total. The van der Waals surface area contributed by atoms with Crippen molar-refractivity contribution >= 4 is 23.2 Å². The van der Waals surface area contributed by atoms with Gasteiger partial charge in [-0.15, -0.1) is 0 Å². The van der Waals surface area contributed by atoms with Gasteiger partial charge in [-0.25, -0.2) is 0 Å². The standard InChI is InChI=1S/C24H26N2O5/c1-15-14-25(24(28)22-4-3-9-29-22)20-12-17(5-7-19(20)26(15)16(2)27)18-6-8-21-23(13-18)31-11-10-30-21/h5-8,12-13,15,22H,3-4,9-11,14H2,1-2H3/t15-,22?/m0/s1. The van der Waals surface area contributed by atoms with Crippen LogP contribution < -0.4 is 19.3 Å². The van der Waals surface area contributed by atoms with Crippen LogP contribution in [-0.4, -0.2) is 50.3 Å². The van der Waals surface area contributed by atoms with E-state index in [0.717, 1.165) is 41.1 Å². The maximum absolute atomic E-state index is 13.3. The van der Waals surface area contributed by atoms with Crippen LogP contribution in [-0.2, 0) is 14.3 Å². The molecule has 162 valence electrons. The van der Waals surface area contributed by atoms with Crippen molar-refractivity contribution in [2.24, 2.45) is 0 Å². The lowest BCUT2D eigenvalue weighted by atomic mass is 9.99. The molecule has 3 aliphatic heterocycles. The number of hydrogen-bond acceptors (Lipinski definition) is 5. The minimum absolute atomic E-state index is 0.0341. The van der Waals surface area contributed by atoms with Crippen LogP contribution in [0, 0.1) is 0 Å². The zero-order valence-corrected chi connectivity index (χ0v) is 17.8. The highest BCUT2D eigenvalue weighted by molar-refractivity contribution is 6.06. The molecule has 0 radical (unpaired) electrons. The number of rotatable bonds is 2. The summed E-state index contributed by atoms with van der Waals surface area (Å²) in [6.45, 7) is 5.65. The first-order valence-corrected chi connectivity index (χ1v) is 10.8. The highest BCUT2D eigenvalue weighted by Crippen LogP contribution is 2.41. The second-order valence-corrected chi connectivity index (χ2v) is 8.25. The van der Waals surface area contributed by atoms with Gasteiger partial charge >= 0.3 is 0 Å². The molecular weight excluding hydrogens is 396 g/mol. The van der Waals surface area contributed by atoms with Crippen LogP contribution in [0.2, 0.25) is 0 Å². The Hall–Kier alpha value is -3.06. The molecule has 0 saturated carbocycles. The molecule has 5 rings (SSSR count). The first-order chi connectivity index (χ1) is 15.0. The van der Waals surface area contributed by atoms with Crippen molar-refractivity contribution in [3.05, 3.63) is 36.4 Å². The average molecular weight is 422 g/mol. The molecule has 1 fully saturated rings. The van der Waals surface area contributed by atoms with Crippen LogP contribution in [0.3, 0.4) is 0 Å². The van der Waals surface area contributed by atoms with E-state index in [0.29, 0.717) is 32.1 Å². The van der Waals surface area contributed by atoms with Gasteiger partial charge in [-0.1, -0.05) is 12.1 Å². The molecule has 2 aromatic rings. The third-order valence-electron chi connectivity index (χ3n) is 6.10. The van der Waals surface area contributed by atoms with E-state index in [-0.39, 0.29) is 17.9 Å². The van der Waals surface area contributed by atoms with Crippen LogP contribution in [0.25, 0.3) is 11.1 Å². The van der Waals surface area contributed by atoms with Crippen LogP contribution in [0.15, 0.2) is 36.4 Å². The third kappa shape index (κ3) is 3.53. The van der Waals surface area contributed by atoms with Gasteiger partial charge in [0.15, 0.2) is 11.5 Å². The number of fused-ring (bicyclic) bond motifs is 2. The largest absolute Gasteiger partial charge is 0.486 e. The molecule has 2 amide bonds. The van der Waals surface area contributed by atoms with Crippen LogP contribution >= 0.6 is 0 Å². The molecule has 1 saturated heterocycles. The fourth-order valence-electron chi connectivity index (χ4n) is 4.66. The molecular formula is C24H26N2O5. The summed E-state index contributed by atoms with van der Waals surface area (Å²) in [6.07, 6.45) is 1.21. The molecule has 2 aromatic carbocycles. The summed E-state index contributed by atoms with van der Waals surface area (Å²) in [4.78, 5) is 29.2. The zero-order valence-electron chi connectivity index (χ0n) is 17.8. The zero-order chi connectivity index (χ0) is 21.5. The van der Waals surface area contributed by atoms with Gasteiger partial charge in [-0.2, -0.15) is 0 Å². The molecule has 31 heavy (non-hydrogen) atoms. The molecule has 1 unspecified atom stereocenters. The van der Waals surface area contributed by atoms with Gasteiger partial charge in [0.25, 0.3) is 5.91 Å². The Labute approximate surface area is 181 Å². The molecule has 3 aliphatic rings. The molecule has 2 atom stereocenters. The van der Waals surface area contributed by atoms with Gasteiger partial charge in [0.2, 0.25) is 5.91 Å². The molecule has 0 aromatic heterocycles. The van der Waals surface area contributed by atoms with E-state index >= 15 is 0 Å². The summed E-state index contributed by atoms with van der Waals surface area (Å²) in [7, 11) is 0. The van der Waals surface area contributed by atoms with E-state index < -0.39 is 6.10 Å². The topological polar surface area (TPSA) is 68.3 Å². The van der Waals surface area contributed by atoms with Crippen LogP contribution in [0.5, 0.6) is 11.5 Å². The second kappa shape index (κ2) is 7.89. The summed E-state index contributed by atoms with van der Waals surface area (Å²) in [5, 5.41) is 0. The maximum Gasteiger partial charge on any atom is 0.256 e. The van der Waals surface area contributed by atoms with Crippen molar-refractivity contribution in [2.45, 2.75) is 38.8 Å². The summed E-state index contributed by atoms with van der Waals surface area (Å²) < 4.78 is 17.0. The van der Waals surface area contributed by atoms with Crippen molar-refractivity contribution < 1.29 is 23.8 Å². The minimum atomic E-state index is -0.415. The number of nitrogens with zero attached hydrogens (tertiary/aromatic N) is 2. The lowest BCUT2D eigenvalue weighted by Gasteiger charge is -2.41. The number of anilines is 2. The minimum Gasteiger partial charge on any atom is -0.486 e. The quantitative estimate of drug-likeness (QED) is 0.742. The number of benzene rings is 2. The number of carbonyl (C=O) groups excluding carboxylic acids is 2. The fourth-order valence-corrected chi connectivity index (χ4v) is 4.66. The fraction of sp³-hybridized carbons (Fsp3) is 0.417.